The predicted octanol–water partition coefficient (Wildman–Crippen LogP) is 4.99. The van der Waals surface area contributed by atoms with E-state index in [9.17, 15) is 4.79 Å². The van der Waals surface area contributed by atoms with Gasteiger partial charge < -0.3 is 14.8 Å². The second-order valence-electron chi connectivity index (χ2n) is 5.50. The maximum absolute atomic E-state index is 12.3. The number of aromatic nitrogens is 2. The molecule has 1 aromatic heterocycles. The van der Waals surface area contributed by atoms with Crippen molar-refractivity contribution in [2.45, 2.75) is 13.7 Å². The number of benzene rings is 2. The van der Waals surface area contributed by atoms with Crippen LogP contribution in [0.3, 0.4) is 0 Å². The lowest BCUT2D eigenvalue weighted by atomic mass is 10.3. The molecule has 0 saturated heterocycles. The Morgan fingerprint density at radius 3 is 2.67 bits per heavy atom. The van der Waals surface area contributed by atoms with E-state index in [1.54, 1.807) is 48.7 Å². The summed E-state index contributed by atoms with van der Waals surface area (Å²) >= 11 is 9.46. The van der Waals surface area contributed by atoms with E-state index in [1.807, 2.05) is 13.0 Å². The minimum absolute atomic E-state index is 0.137. The van der Waals surface area contributed by atoms with Crippen molar-refractivity contribution in [2.75, 3.05) is 11.9 Å². The first-order valence-corrected chi connectivity index (χ1v) is 9.38. The molecule has 1 amide bonds. The Bertz CT molecular complexity index is 928. The lowest BCUT2D eigenvalue weighted by Gasteiger charge is -2.08. The van der Waals surface area contributed by atoms with E-state index in [4.69, 9.17) is 21.1 Å². The summed E-state index contributed by atoms with van der Waals surface area (Å²) in [5, 5.41) is 7.50. The summed E-state index contributed by atoms with van der Waals surface area (Å²) < 4.78 is 13.4. The molecule has 1 heterocycles. The summed E-state index contributed by atoms with van der Waals surface area (Å²) in [4.78, 5) is 12.3. The number of carbonyl (C=O) groups is 1. The molecule has 2 aromatic carbocycles. The van der Waals surface area contributed by atoms with Gasteiger partial charge in [0.25, 0.3) is 5.91 Å². The fourth-order valence-corrected chi connectivity index (χ4v) is 3.01. The first kappa shape index (κ1) is 19.3. The molecule has 0 fully saturated rings. The van der Waals surface area contributed by atoms with Gasteiger partial charge in [-0.25, -0.2) is 4.68 Å². The summed E-state index contributed by atoms with van der Waals surface area (Å²) in [6, 6.07) is 14.1. The van der Waals surface area contributed by atoms with Crippen molar-refractivity contribution >= 4 is 39.1 Å². The van der Waals surface area contributed by atoms with E-state index < -0.39 is 0 Å². The number of carbonyl (C=O) groups excluding carboxylic acids is 1. The molecule has 140 valence electrons. The van der Waals surface area contributed by atoms with Crippen LogP contribution in [-0.4, -0.2) is 22.3 Å². The molecule has 0 aliphatic carbocycles. The van der Waals surface area contributed by atoms with Crippen LogP contribution in [0.25, 0.3) is 0 Å². The van der Waals surface area contributed by atoms with Crippen LogP contribution in [0, 0.1) is 0 Å². The largest absolute Gasteiger partial charge is 0.494 e. The van der Waals surface area contributed by atoms with Crippen LogP contribution in [-0.2, 0) is 6.73 Å². The third-order valence-electron chi connectivity index (χ3n) is 3.54. The molecule has 27 heavy (non-hydrogen) atoms. The van der Waals surface area contributed by atoms with Gasteiger partial charge in [0, 0.05) is 16.4 Å². The number of hydrogen-bond donors (Lipinski definition) is 1. The number of halogens is 2. The fourth-order valence-electron chi connectivity index (χ4n) is 2.28. The molecule has 0 bridgehead atoms. The number of ether oxygens (including phenoxy) is 2. The number of nitrogens with zero attached hydrogens (tertiary/aromatic N) is 2. The van der Waals surface area contributed by atoms with E-state index in [0.717, 1.165) is 10.2 Å². The van der Waals surface area contributed by atoms with E-state index in [1.165, 1.54) is 4.68 Å². The average Bonchev–Trinajstić information content (AvgIpc) is 3.12. The summed E-state index contributed by atoms with van der Waals surface area (Å²) in [6.07, 6.45) is 1.67. The normalized spacial score (nSPS) is 10.5. The third-order valence-corrected chi connectivity index (χ3v) is 4.33. The maximum Gasteiger partial charge on any atom is 0.276 e. The van der Waals surface area contributed by atoms with Crippen molar-refractivity contribution in [2.24, 2.45) is 0 Å². The average molecular weight is 451 g/mol. The molecule has 3 aromatic rings. The zero-order valence-electron chi connectivity index (χ0n) is 14.5. The summed E-state index contributed by atoms with van der Waals surface area (Å²) in [7, 11) is 0. The molecule has 0 aliphatic rings. The first-order valence-electron chi connectivity index (χ1n) is 8.20. The molecule has 0 aliphatic heterocycles. The monoisotopic (exact) mass is 449 g/mol. The topological polar surface area (TPSA) is 65.4 Å². The Hall–Kier alpha value is -2.51. The zero-order valence-corrected chi connectivity index (χ0v) is 16.8. The molecule has 0 radical (unpaired) electrons. The van der Waals surface area contributed by atoms with Crippen molar-refractivity contribution in [3.8, 4) is 11.5 Å². The summed E-state index contributed by atoms with van der Waals surface area (Å²) in [5.74, 6) is 0.985. The Morgan fingerprint density at radius 1 is 1.19 bits per heavy atom. The highest BCUT2D eigenvalue weighted by molar-refractivity contribution is 9.10. The van der Waals surface area contributed by atoms with Crippen molar-refractivity contribution in [3.05, 3.63) is 69.9 Å². The number of hydrogen-bond acceptors (Lipinski definition) is 4. The van der Waals surface area contributed by atoms with Gasteiger partial charge in [-0.2, -0.15) is 5.10 Å². The molecule has 1 N–H and O–H groups in total. The van der Waals surface area contributed by atoms with Crippen LogP contribution in [0.15, 0.2) is 59.2 Å². The van der Waals surface area contributed by atoms with E-state index in [0.29, 0.717) is 23.1 Å². The quantitative estimate of drug-likeness (QED) is 0.551. The SMILES string of the molecule is CCOc1ccc(NC(=O)c2ccn(COc3ccc(Br)cc3Cl)n2)cc1. The van der Waals surface area contributed by atoms with Gasteiger partial charge in [-0.1, -0.05) is 27.5 Å². The van der Waals surface area contributed by atoms with Gasteiger partial charge >= 0.3 is 0 Å². The van der Waals surface area contributed by atoms with Gasteiger partial charge in [-0.15, -0.1) is 0 Å². The van der Waals surface area contributed by atoms with Crippen LogP contribution in [0.4, 0.5) is 5.69 Å². The fraction of sp³-hybridized carbons (Fsp3) is 0.158. The highest BCUT2D eigenvalue weighted by Gasteiger charge is 2.11. The van der Waals surface area contributed by atoms with Crippen LogP contribution >= 0.6 is 27.5 Å². The molecule has 6 nitrogen and oxygen atoms in total. The highest BCUT2D eigenvalue weighted by atomic mass is 79.9. The predicted molar refractivity (Wildman–Crippen MR) is 108 cm³/mol. The number of anilines is 1. The summed E-state index contributed by atoms with van der Waals surface area (Å²) in [6.45, 7) is 2.65. The molecular weight excluding hydrogens is 434 g/mol. The lowest BCUT2D eigenvalue weighted by Crippen LogP contribution is -2.14. The molecule has 3 rings (SSSR count). The molecule has 8 heteroatoms. The Labute approximate surface area is 170 Å². The minimum Gasteiger partial charge on any atom is -0.494 e. The van der Waals surface area contributed by atoms with E-state index in [2.05, 4.69) is 26.3 Å². The van der Waals surface area contributed by atoms with Gasteiger partial charge in [0.1, 0.15) is 11.5 Å². The number of amides is 1. The first-order chi connectivity index (χ1) is 13.0. The molecule has 0 atom stereocenters. The molecular formula is C19H17BrClN3O3. The second kappa shape index (κ2) is 8.92. The number of nitrogens with one attached hydrogen (secondary N) is 1. The smallest absolute Gasteiger partial charge is 0.276 e. The Morgan fingerprint density at radius 2 is 1.96 bits per heavy atom. The van der Waals surface area contributed by atoms with Gasteiger partial charge in [-0.3, -0.25) is 4.79 Å². The Kier molecular flexibility index (Phi) is 6.36. The van der Waals surface area contributed by atoms with Crippen LogP contribution in [0.2, 0.25) is 5.02 Å². The molecule has 0 unspecified atom stereocenters. The van der Waals surface area contributed by atoms with Gasteiger partial charge in [0.15, 0.2) is 12.4 Å². The third kappa shape index (κ3) is 5.24. The van der Waals surface area contributed by atoms with Gasteiger partial charge in [0.2, 0.25) is 0 Å². The van der Waals surface area contributed by atoms with E-state index >= 15 is 0 Å². The molecule has 0 saturated carbocycles. The van der Waals surface area contributed by atoms with Crippen molar-refractivity contribution < 1.29 is 14.3 Å². The number of rotatable bonds is 7. The van der Waals surface area contributed by atoms with Gasteiger partial charge in [-0.05, 0) is 55.5 Å². The van der Waals surface area contributed by atoms with Crippen LogP contribution in [0.5, 0.6) is 11.5 Å². The van der Waals surface area contributed by atoms with Crippen molar-refractivity contribution in [1.29, 1.82) is 0 Å². The van der Waals surface area contributed by atoms with Crippen molar-refractivity contribution in [1.82, 2.24) is 9.78 Å². The minimum atomic E-state index is -0.306. The lowest BCUT2D eigenvalue weighted by molar-refractivity contribution is 0.102. The standard InChI is InChI=1S/C19H17BrClN3O3/c1-2-26-15-6-4-14(5-7-15)22-19(25)17-9-10-24(23-17)12-27-18-8-3-13(20)11-16(18)21/h3-11H,2,12H2,1H3,(H,22,25). The zero-order chi connectivity index (χ0) is 19.2. The second-order valence-corrected chi connectivity index (χ2v) is 6.82. The van der Waals surface area contributed by atoms with Crippen LogP contribution in [0.1, 0.15) is 17.4 Å². The summed E-state index contributed by atoms with van der Waals surface area (Å²) in [5.41, 5.74) is 0.949. The maximum atomic E-state index is 12.3. The van der Waals surface area contributed by atoms with Crippen LogP contribution < -0.4 is 14.8 Å². The highest BCUT2D eigenvalue weighted by Crippen LogP contribution is 2.27. The van der Waals surface area contributed by atoms with Crippen molar-refractivity contribution in [3.63, 3.8) is 0 Å². The van der Waals surface area contributed by atoms with Gasteiger partial charge in [0.05, 0.1) is 11.6 Å². The van der Waals surface area contributed by atoms with E-state index in [-0.39, 0.29) is 18.3 Å². The molecule has 0 spiro atoms. The Balaban J connectivity index is 1.58.